The van der Waals surface area contributed by atoms with Crippen LogP contribution < -0.4 is 14.8 Å². The fourth-order valence-corrected chi connectivity index (χ4v) is 3.70. The molecule has 1 aliphatic rings. The van der Waals surface area contributed by atoms with Gasteiger partial charge in [0.25, 0.3) is 21.8 Å². The molecule has 0 spiro atoms. The molecule has 0 saturated heterocycles. The van der Waals surface area contributed by atoms with E-state index in [1.54, 1.807) is 0 Å². The monoisotopic (exact) mass is 367 g/mol. The van der Waals surface area contributed by atoms with Crippen molar-refractivity contribution in [3.63, 3.8) is 0 Å². The van der Waals surface area contributed by atoms with Gasteiger partial charge in [0.2, 0.25) is 0 Å². The predicted molar refractivity (Wildman–Crippen MR) is 86.5 cm³/mol. The summed E-state index contributed by atoms with van der Waals surface area (Å²) in [6.07, 6.45) is 1.17. The van der Waals surface area contributed by atoms with E-state index in [-0.39, 0.29) is 21.4 Å². The molecule has 10 heteroatoms. The highest BCUT2D eigenvalue weighted by molar-refractivity contribution is 7.90. The van der Waals surface area contributed by atoms with E-state index in [1.807, 2.05) is 11.6 Å². The van der Waals surface area contributed by atoms with Crippen molar-refractivity contribution >= 4 is 38.9 Å². The number of nitrogens with one attached hydrogen (secondary N) is 2. The van der Waals surface area contributed by atoms with Crippen LogP contribution in [-0.2, 0) is 14.8 Å². The van der Waals surface area contributed by atoms with Gasteiger partial charge in [-0.2, -0.15) is 0 Å². The Bertz CT molecular complexity index is 893. The van der Waals surface area contributed by atoms with E-state index in [1.165, 1.54) is 29.9 Å². The zero-order valence-corrected chi connectivity index (χ0v) is 14.1. The van der Waals surface area contributed by atoms with Crippen LogP contribution in [0, 0.1) is 0 Å². The third-order valence-corrected chi connectivity index (χ3v) is 5.44. The molecule has 0 saturated carbocycles. The molecule has 0 fully saturated rings. The number of nitrogens with zero attached hydrogens (tertiary/aromatic N) is 1. The van der Waals surface area contributed by atoms with E-state index < -0.39 is 22.0 Å². The number of hydrogen-bond donors (Lipinski definition) is 2. The van der Waals surface area contributed by atoms with Crippen molar-refractivity contribution in [2.45, 2.75) is 24.3 Å². The van der Waals surface area contributed by atoms with E-state index in [0.717, 1.165) is 11.3 Å². The van der Waals surface area contributed by atoms with Crippen molar-refractivity contribution in [2.24, 2.45) is 0 Å². The zero-order chi connectivity index (χ0) is 17.3. The maximum absolute atomic E-state index is 12.3. The van der Waals surface area contributed by atoms with Crippen LogP contribution in [0.15, 0.2) is 34.8 Å². The minimum absolute atomic E-state index is 0.155. The van der Waals surface area contributed by atoms with Crippen molar-refractivity contribution in [3.8, 4) is 5.75 Å². The first-order valence-corrected chi connectivity index (χ1v) is 9.34. The number of benzene rings is 1. The number of carbonyl (C=O) groups is 2. The Morgan fingerprint density at radius 1 is 1.46 bits per heavy atom. The Kier molecular flexibility index (Phi) is 4.24. The number of thiazole rings is 1. The van der Waals surface area contributed by atoms with E-state index in [9.17, 15) is 18.0 Å². The maximum atomic E-state index is 12.3. The average Bonchev–Trinajstić information content (AvgIpc) is 3.07. The highest BCUT2D eigenvalue weighted by Crippen LogP contribution is 2.32. The molecule has 2 amide bonds. The van der Waals surface area contributed by atoms with Crippen LogP contribution in [0.4, 0.5) is 5.69 Å². The van der Waals surface area contributed by atoms with Crippen molar-refractivity contribution in [2.75, 3.05) is 5.32 Å². The number of amides is 2. The smallest absolute Gasteiger partial charge is 0.276 e. The SMILES string of the molecule is CC[C@@H]1Oc2ccc(S(=O)(=O)NC(=O)c3cncs3)cc2NC1=O. The first kappa shape index (κ1) is 16.4. The molecule has 2 aromatic rings. The highest BCUT2D eigenvalue weighted by Gasteiger charge is 2.28. The van der Waals surface area contributed by atoms with Gasteiger partial charge in [-0.1, -0.05) is 6.92 Å². The van der Waals surface area contributed by atoms with Crippen molar-refractivity contribution in [3.05, 3.63) is 34.8 Å². The number of rotatable bonds is 4. The van der Waals surface area contributed by atoms with E-state index in [0.29, 0.717) is 12.2 Å². The summed E-state index contributed by atoms with van der Waals surface area (Å²) >= 11 is 1.03. The van der Waals surface area contributed by atoms with Crippen LogP contribution in [0.3, 0.4) is 0 Å². The number of fused-ring (bicyclic) bond motifs is 1. The quantitative estimate of drug-likeness (QED) is 0.843. The minimum Gasteiger partial charge on any atom is -0.478 e. The normalized spacial score (nSPS) is 16.7. The van der Waals surface area contributed by atoms with Gasteiger partial charge in [-0.25, -0.2) is 13.1 Å². The summed E-state index contributed by atoms with van der Waals surface area (Å²) in [6.45, 7) is 1.81. The molecule has 24 heavy (non-hydrogen) atoms. The van der Waals surface area contributed by atoms with Gasteiger partial charge in [0.1, 0.15) is 10.6 Å². The lowest BCUT2D eigenvalue weighted by Gasteiger charge is -2.25. The van der Waals surface area contributed by atoms with Gasteiger partial charge < -0.3 is 10.1 Å². The van der Waals surface area contributed by atoms with Gasteiger partial charge in [-0.05, 0) is 24.6 Å². The lowest BCUT2D eigenvalue weighted by molar-refractivity contribution is -0.123. The van der Waals surface area contributed by atoms with E-state index >= 15 is 0 Å². The molecule has 0 bridgehead atoms. The molecule has 0 unspecified atom stereocenters. The summed E-state index contributed by atoms with van der Waals surface area (Å²) in [5.74, 6) is -0.719. The molecule has 0 aliphatic carbocycles. The third-order valence-electron chi connectivity index (χ3n) is 3.33. The van der Waals surface area contributed by atoms with Crippen LogP contribution in [0.5, 0.6) is 5.75 Å². The second-order valence-electron chi connectivity index (χ2n) is 4.96. The van der Waals surface area contributed by atoms with Gasteiger partial charge in [-0.15, -0.1) is 11.3 Å². The fraction of sp³-hybridized carbons (Fsp3) is 0.214. The fourth-order valence-electron chi connectivity index (χ4n) is 2.12. The summed E-state index contributed by atoms with van der Waals surface area (Å²) in [7, 11) is -4.08. The number of sulfonamides is 1. The molecule has 1 aromatic heterocycles. The predicted octanol–water partition coefficient (Wildman–Crippen LogP) is 1.37. The molecule has 126 valence electrons. The Hall–Kier alpha value is -2.46. The van der Waals surface area contributed by atoms with Crippen molar-refractivity contribution in [1.29, 1.82) is 0 Å². The molecule has 3 rings (SSSR count). The molecule has 0 radical (unpaired) electrons. The van der Waals surface area contributed by atoms with Gasteiger partial charge in [0.15, 0.2) is 6.10 Å². The second kappa shape index (κ2) is 6.21. The molecule has 1 atom stereocenters. The first-order valence-electron chi connectivity index (χ1n) is 6.98. The number of aromatic nitrogens is 1. The Morgan fingerprint density at radius 3 is 2.92 bits per heavy atom. The van der Waals surface area contributed by atoms with Crippen LogP contribution >= 0.6 is 11.3 Å². The van der Waals surface area contributed by atoms with Gasteiger partial charge in [-0.3, -0.25) is 14.6 Å². The molecule has 2 heterocycles. The summed E-state index contributed by atoms with van der Waals surface area (Å²) in [6, 6.07) is 4.01. The number of ether oxygens (including phenoxy) is 1. The Labute approximate surface area is 141 Å². The number of hydrogen-bond acceptors (Lipinski definition) is 7. The van der Waals surface area contributed by atoms with Crippen LogP contribution in [0.2, 0.25) is 0 Å². The molecule has 1 aliphatic heterocycles. The lowest BCUT2D eigenvalue weighted by Crippen LogP contribution is -2.36. The Morgan fingerprint density at radius 2 is 2.25 bits per heavy atom. The average molecular weight is 367 g/mol. The molecule has 1 aromatic carbocycles. The third kappa shape index (κ3) is 3.10. The van der Waals surface area contributed by atoms with Crippen LogP contribution in [0.25, 0.3) is 0 Å². The van der Waals surface area contributed by atoms with Gasteiger partial charge >= 0.3 is 0 Å². The molecular formula is C14H13N3O5S2. The molecule has 2 N–H and O–H groups in total. The number of carbonyl (C=O) groups excluding carboxylic acids is 2. The maximum Gasteiger partial charge on any atom is 0.276 e. The topological polar surface area (TPSA) is 114 Å². The van der Waals surface area contributed by atoms with Gasteiger partial charge in [0, 0.05) is 0 Å². The van der Waals surface area contributed by atoms with Crippen molar-refractivity contribution < 1.29 is 22.7 Å². The molecule has 8 nitrogen and oxygen atoms in total. The second-order valence-corrected chi connectivity index (χ2v) is 7.53. The van der Waals surface area contributed by atoms with E-state index in [4.69, 9.17) is 4.74 Å². The van der Waals surface area contributed by atoms with Crippen molar-refractivity contribution in [1.82, 2.24) is 9.71 Å². The minimum atomic E-state index is -4.08. The van der Waals surface area contributed by atoms with Crippen LogP contribution in [-0.4, -0.2) is 31.3 Å². The zero-order valence-electron chi connectivity index (χ0n) is 12.5. The standard InChI is InChI=1S/C14H13N3O5S2/c1-2-10-13(18)16-9-5-8(3-4-11(9)22-10)24(20,21)17-14(19)12-6-15-7-23-12/h3-7,10H,2H2,1H3,(H,16,18)(H,17,19)/t10-/m0/s1. The largest absolute Gasteiger partial charge is 0.478 e. The highest BCUT2D eigenvalue weighted by atomic mass is 32.2. The van der Waals surface area contributed by atoms with Gasteiger partial charge in [0.05, 0.1) is 22.3 Å². The summed E-state index contributed by atoms with van der Waals surface area (Å²) < 4.78 is 32.1. The summed E-state index contributed by atoms with van der Waals surface area (Å²) in [5.41, 5.74) is 1.68. The number of anilines is 1. The summed E-state index contributed by atoms with van der Waals surface area (Å²) in [5, 5.41) is 2.61. The first-order chi connectivity index (χ1) is 11.4. The molecular weight excluding hydrogens is 354 g/mol. The Balaban J connectivity index is 1.86. The van der Waals surface area contributed by atoms with Crippen LogP contribution in [0.1, 0.15) is 23.0 Å². The van der Waals surface area contributed by atoms with E-state index in [2.05, 4.69) is 10.3 Å². The lowest BCUT2D eigenvalue weighted by atomic mass is 10.2. The summed E-state index contributed by atoms with van der Waals surface area (Å²) in [4.78, 5) is 27.5.